The first-order valence-corrected chi connectivity index (χ1v) is 4.48. The zero-order chi connectivity index (χ0) is 9.71. The Bertz CT molecular complexity index is 426. The van der Waals surface area contributed by atoms with E-state index in [1.807, 2.05) is 6.07 Å². The lowest BCUT2D eigenvalue weighted by Crippen LogP contribution is -2.14. The first-order chi connectivity index (χ1) is 6.75. The maximum absolute atomic E-state index is 11.3. The van der Waals surface area contributed by atoms with Gasteiger partial charge in [0.1, 0.15) is 0 Å². The summed E-state index contributed by atoms with van der Waals surface area (Å²) in [5.74, 6) is -0.162. The molecule has 0 saturated carbocycles. The van der Waals surface area contributed by atoms with Gasteiger partial charge in [0, 0.05) is 24.2 Å². The molecule has 2 aliphatic rings. The monoisotopic (exact) mass is 188 g/mol. The molecule has 0 atom stereocenters. The fraction of sp³-hybridized carbons (Fsp3) is 0.200. The zero-order valence-electron chi connectivity index (χ0n) is 7.39. The molecule has 4 nitrogen and oxygen atoms in total. The molecule has 70 valence electrons. The molecular formula is C10H8N2O2. The van der Waals surface area contributed by atoms with Crippen LogP contribution in [0.5, 0.6) is 0 Å². The number of fused-ring (bicyclic) bond motifs is 2. The van der Waals surface area contributed by atoms with Gasteiger partial charge in [-0.1, -0.05) is 6.07 Å². The van der Waals surface area contributed by atoms with E-state index in [0.29, 0.717) is 24.2 Å². The molecule has 0 saturated heterocycles. The van der Waals surface area contributed by atoms with Crippen molar-refractivity contribution in [1.29, 1.82) is 0 Å². The molecule has 0 bridgehead atoms. The van der Waals surface area contributed by atoms with Crippen LogP contribution in [-0.2, 0) is 13.1 Å². The summed E-state index contributed by atoms with van der Waals surface area (Å²) in [5, 5.41) is 5.46. The van der Waals surface area contributed by atoms with Gasteiger partial charge in [-0.05, 0) is 17.2 Å². The van der Waals surface area contributed by atoms with Crippen molar-refractivity contribution in [3.05, 3.63) is 34.4 Å². The van der Waals surface area contributed by atoms with Crippen LogP contribution in [0.4, 0.5) is 0 Å². The average molecular weight is 188 g/mol. The Morgan fingerprint density at radius 2 is 1.36 bits per heavy atom. The van der Waals surface area contributed by atoms with Crippen LogP contribution in [0.2, 0.25) is 0 Å². The second-order valence-electron chi connectivity index (χ2n) is 3.53. The average Bonchev–Trinajstić information content (AvgIpc) is 2.71. The second kappa shape index (κ2) is 2.35. The van der Waals surface area contributed by atoms with E-state index in [-0.39, 0.29) is 11.8 Å². The lowest BCUT2D eigenvalue weighted by molar-refractivity contribution is 0.0963. The highest BCUT2D eigenvalue weighted by Crippen LogP contribution is 2.23. The van der Waals surface area contributed by atoms with Crippen molar-refractivity contribution in [2.24, 2.45) is 0 Å². The lowest BCUT2D eigenvalue weighted by atomic mass is 10.0. The number of hydrogen-bond acceptors (Lipinski definition) is 2. The van der Waals surface area contributed by atoms with Crippen LogP contribution in [-0.4, -0.2) is 11.8 Å². The summed E-state index contributed by atoms with van der Waals surface area (Å²) in [4.78, 5) is 22.7. The molecule has 2 aliphatic heterocycles. The van der Waals surface area contributed by atoms with Crippen molar-refractivity contribution in [2.45, 2.75) is 13.1 Å². The zero-order valence-corrected chi connectivity index (χ0v) is 7.39. The summed E-state index contributed by atoms with van der Waals surface area (Å²) >= 11 is 0. The minimum atomic E-state index is -0.0810. The molecule has 0 spiro atoms. The summed E-state index contributed by atoms with van der Waals surface area (Å²) in [6.07, 6.45) is 0. The van der Waals surface area contributed by atoms with E-state index in [2.05, 4.69) is 10.6 Å². The Labute approximate surface area is 80.3 Å². The molecule has 0 fully saturated rings. The minimum Gasteiger partial charge on any atom is -0.348 e. The standard InChI is InChI=1S/C10H8N2O2/c13-9-7-2-8-6(4-12-10(8)14)1-5(7)3-11-9/h1-2H,3-4H2,(H,11,13)(H,12,14). The first kappa shape index (κ1) is 7.55. The van der Waals surface area contributed by atoms with E-state index in [9.17, 15) is 9.59 Å². The minimum absolute atomic E-state index is 0.0810. The summed E-state index contributed by atoms with van der Waals surface area (Å²) in [6.45, 7) is 1.16. The van der Waals surface area contributed by atoms with Crippen LogP contribution in [0.1, 0.15) is 31.8 Å². The number of benzene rings is 1. The Hall–Kier alpha value is -1.84. The van der Waals surface area contributed by atoms with Gasteiger partial charge in [-0.3, -0.25) is 9.59 Å². The lowest BCUT2D eigenvalue weighted by Gasteiger charge is -1.99. The molecule has 0 radical (unpaired) electrons. The van der Waals surface area contributed by atoms with Gasteiger partial charge in [-0.15, -0.1) is 0 Å². The summed E-state index contributed by atoms with van der Waals surface area (Å²) in [6, 6.07) is 3.62. The SMILES string of the molecule is O=C1NCc2cc3c(cc21)C(=O)NC3. The highest BCUT2D eigenvalue weighted by molar-refractivity contribution is 6.04. The summed E-state index contributed by atoms with van der Waals surface area (Å²) in [5.41, 5.74) is 3.26. The molecule has 0 unspecified atom stereocenters. The molecule has 1 aromatic carbocycles. The fourth-order valence-corrected chi connectivity index (χ4v) is 1.95. The van der Waals surface area contributed by atoms with Crippen LogP contribution in [0.3, 0.4) is 0 Å². The summed E-state index contributed by atoms with van der Waals surface area (Å²) in [7, 11) is 0. The van der Waals surface area contributed by atoms with Crippen molar-refractivity contribution in [1.82, 2.24) is 10.6 Å². The number of carbonyl (C=O) groups excluding carboxylic acids is 2. The fourth-order valence-electron chi connectivity index (χ4n) is 1.95. The van der Waals surface area contributed by atoms with E-state index < -0.39 is 0 Å². The molecule has 2 amide bonds. The van der Waals surface area contributed by atoms with Gasteiger partial charge in [0.25, 0.3) is 11.8 Å². The number of hydrogen-bond donors (Lipinski definition) is 2. The van der Waals surface area contributed by atoms with E-state index in [0.717, 1.165) is 11.1 Å². The largest absolute Gasteiger partial charge is 0.348 e. The van der Waals surface area contributed by atoms with Crippen LogP contribution in [0.25, 0.3) is 0 Å². The van der Waals surface area contributed by atoms with Crippen molar-refractivity contribution in [2.75, 3.05) is 0 Å². The smallest absolute Gasteiger partial charge is 0.251 e. The molecule has 14 heavy (non-hydrogen) atoms. The normalized spacial score (nSPS) is 17.4. The predicted octanol–water partition coefficient (Wildman–Crippen LogP) is 0.173. The van der Waals surface area contributed by atoms with E-state index in [1.165, 1.54) is 0 Å². The molecular weight excluding hydrogens is 180 g/mol. The van der Waals surface area contributed by atoms with Gasteiger partial charge in [0.05, 0.1) is 0 Å². The van der Waals surface area contributed by atoms with Crippen molar-refractivity contribution >= 4 is 11.8 Å². The van der Waals surface area contributed by atoms with Gasteiger partial charge in [-0.2, -0.15) is 0 Å². The van der Waals surface area contributed by atoms with E-state index in [1.54, 1.807) is 6.07 Å². The number of carbonyl (C=O) groups is 2. The third-order valence-electron chi connectivity index (χ3n) is 2.70. The highest BCUT2D eigenvalue weighted by Gasteiger charge is 2.26. The molecule has 0 aliphatic carbocycles. The highest BCUT2D eigenvalue weighted by atomic mass is 16.2. The van der Waals surface area contributed by atoms with Crippen LogP contribution >= 0.6 is 0 Å². The molecule has 2 N–H and O–H groups in total. The Morgan fingerprint density at radius 3 is 1.86 bits per heavy atom. The third kappa shape index (κ3) is 0.824. The van der Waals surface area contributed by atoms with Gasteiger partial charge in [0.15, 0.2) is 0 Å². The quantitative estimate of drug-likeness (QED) is 0.610. The van der Waals surface area contributed by atoms with Crippen LogP contribution < -0.4 is 10.6 Å². The van der Waals surface area contributed by atoms with Gasteiger partial charge < -0.3 is 10.6 Å². The van der Waals surface area contributed by atoms with Crippen LogP contribution in [0.15, 0.2) is 12.1 Å². The maximum atomic E-state index is 11.3. The predicted molar refractivity (Wildman–Crippen MR) is 48.8 cm³/mol. The topological polar surface area (TPSA) is 58.2 Å². The van der Waals surface area contributed by atoms with Crippen molar-refractivity contribution in [3.8, 4) is 0 Å². The number of rotatable bonds is 0. The number of amides is 2. The maximum Gasteiger partial charge on any atom is 0.251 e. The van der Waals surface area contributed by atoms with Gasteiger partial charge >= 0.3 is 0 Å². The molecule has 4 heteroatoms. The molecule has 1 aromatic rings. The van der Waals surface area contributed by atoms with E-state index in [4.69, 9.17) is 0 Å². The Balaban J connectivity index is 2.25. The molecule has 3 rings (SSSR count). The Morgan fingerprint density at radius 1 is 0.857 bits per heavy atom. The van der Waals surface area contributed by atoms with Crippen molar-refractivity contribution < 1.29 is 9.59 Å². The van der Waals surface area contributed by atoms with Crippen LogP contribution in [0, 0.1) is 0 Å². The van der Waals surface area contributed by atoms with E-state index >= 15 is 0 Å². The van der Waals surface area contributed by atoms with Crippen molar-refractivity contribution in [3.63, 3.8) is 0 Å². The van der Waals surface area contributed by atoms with Gasteiger partial charge in [-0.25, -0.2) is 0 Å². The molecule has 2 heterocycles. The third-order valence-corrected chi connectivity index (χ3v) is 2.70. The second-order valence-corrected chi connectivity index (χ2v) is 3.53. The Kier molecular flexibility index (Phi) is 1.27. The summed E-state index contributed by atoms with van der Waals surface area (Å²) < 4.78 is 0. The molecule has 0 aromatic heterocycles. The van der Waals surface area contributed by atoms with Gasteiger partial charge in [0.2, 0.25) is 0 Å². The first-order valence-electron chi connectivity index (χ1n) is 4.48. The number of nitrogens with one attached hydrogen (secondary N) is 2.